The quantitative estimate of drug-likeness (QED) is 0.676. The molecule has 3 heteroatoms. The molecule has 0 bridgehead atoms. The summed E-state index contributed by atoms with van der Waals surface area (Å²) in [6, 6.07) is 8.97. The van der Waals surface area contributed by atoms with Crippen LogP contribution in [0.2, 0.25) is 0 Å². The first kappa shape index (κ1) is 10.6. The zero-order chi connectivity index (χ0) is 10.4. The smallest absolute Gasteiger partial charge is 0.192 e. The number of halogens is 2. The molecular weight excluding hydrogens is 186 g/mol. The molecule has 1 unspecified atom stereocenters. The second-order valence-corrected chi connectivity index (χ2v) is 2.77. The number of rotatable bonds is 4. The van der Waals surface area contributed by atoms with Crippen LogP contribution < -0.4 is 0 Å². The molecule has 0 fully saturated rings. The first-order chi connectivity index (χ1) is 6.74. The molecule has 0 amide bonds. The fourth-order valence-corrected chi connectivity index (χ4v) is 0.923. The van der Waals surface area contributed by atoms with E-state index in [4.69, 9.17) is 0 Å². The Hall–Kier alpha value is -1.51. The zero-order valence-corrected chi connectivity index (χ0v) is 7.49. The summed E-state index contributed by atoms with van der Waals surface area (Å²) in [4.78, 5) is 10.8. The van der Waals surface area contributed by atoms with Gasteiger partial charge in [0.15, 0.2) is 12.0 Å². The number of hydrogen-bond donors (Lipinski definition) is 0. The number of benzene rings is 1. The highest BCUT2D eigenvalue weighted by Crippen LogP contribution is 2.03. The molecule has 0 aliphatic rings. The van der Waals surface area contributed by atoms with Crippen LogP contribution in [-0.4, -0.2) is 18.6 Å². The van der Waals surface area contributed by atoms with Gasteiger partial charge in [0.05, 0.1) is 0 Å². The zero-order valence-electron chi connectivity index (χ0n) is 7.49. The molecule has 0 aliphatic heterocycles. The monoisotopic (exact) mass is 196 g/mol. The van der Waals surface area contributed by atoms with Gasteiger partial charge in [-0.05, 0) is 11.6 Å². The molecule has 1 nitrogen and oxygen atoms in total. The topological polar surface area (TPSA) is 17.1 Å². The van der Waals surface area contributed by atoms with Crippen molar-refractivity contribution in [3.8, 4) is 0 Å². The predicted molar refractivity (Wildman–Crippen MR) is 51.4 cm³/mol. The van der Waals surface area contributed by atoms with E-state index in [1.807, 2.05) is 6.07 Å². The molecule has 0 saturated heterocycles. The van der Waals surface area contributed by atoms with Crippen LogP contribution in [0.15, 0.2) is 36.4 Å². The van der Waals surface area contributed by atoms with E-state index in [0.29, 0.717) is 0 Å². The minimum absolute atomic E-state index is 0.784. The van der Waals surface area contributed by atoms with E-state index in [1.165, 1.54) is 6.08 Å². The van der Waals surface area contributed by atoms with Crippen molar-refractivity contribution in [2.45, 2.75) is 6.17 Å². The van der Waals surface area contributed by atoms with Gasteiger partial charge in [0.1, 0.15) is 6.67 Å². The summed E-state index contributed by atoms with van der Waals surface area (Å²) in [5.74, 6) is -0.837. The average Bonchev–Trinajstić information content (AvgIpc) is 2.26. The molecule has 1 aromatic carbocycles. The Morgan fingerprint density at radius 3 is 2.57 bits per heavy atom. The maximum Gasteiger partial charge on any atom is 0.192 e. The van der Waals surface area contributed by atoms with Gasteiger partial charge >= 0.3 is 0 Å². The van der Waals surface area contributed by atoms with E-state index in [2.05, 4.69) is 0 Å². The van der Waals surface area contributed by atoms with Gasteiger partial charge in [0.2, 0.25) is 0 Å². The SMILES string of the molecule is O=C(/C=C/c1ccccc1)C(F)CF. The number of allylic oxidation sites excluding steroid dienone is 1. The Labute approximate surface area is 81.1 Å². The number of carbonyl (C=O) groups is 1. The third-order valence-electron chi connectivity index (χ3n) is 1.68. The molecule has 0 aliphatic carbocycles. The van der Waals surface area contributed by atoms with Gasteiger partial charge in [-0.1, -0.05) is 36.4 Å². The third-order valence-corrected chi connectivity index (χ3v) is 1.68. The van der Waals surface area contributed by atoms with Gasteiger partial charge in [0.25, 0.3) is 0 Å². The molecule has 14 heavy (non-hydrogen) atoms. The normalized spacial score (nSPS) is 13.0. The Morgan fingerprint density at radius 2 is 2.00 bits per heavy atom. The van der Waals surface area contributed by atoms with Crippen LogP contribution in [0.3, 0.4) is 0 Å². The second-order valence-electron chi connectivity index (χ2n) is 2.77. The van der Waals surface area contributed by atoms with Crippen molar-refractivity contribution in [3.05, 3.63) is 42.0 Å². The Bertz CT molecular complexity index is 319. The highest BCUT2D eigenvalue weighted by molar-refractivity contribution is 5.96. The van der Waals surface area contributed by atoms with Crippen molar-refractivity contribution in [2.75, 3.05) is 6.67 Å². The van der Waals surface area contributed by atoms with Crippen LogP contribution in [0, 0.1) is 0 Å². The van der Waals surface area contributed by atoms with Crippen LogP contribution in [-0.2, 0) is 4.79 Å². The maximum absolute atomic E-state index is 12.5. The van der Waals surface area contributed by atoms with E-state index in [9.17, 15) is 13.6 Å². The molecule has 0 aromatic heterocycles. The van der Waals surface area contributed by atoms with Gasteiger partial charge in [-0.25, -0.2) is 8.78 Å². The summed E-state index contributed by atoms with van der Waals surface area (Å²) in [5, 5.41) is 0. The first-order valence-electron chi connectivity index (χ1n) is 4.21. The molecule has 0 saturated carbocycles. The first-order valence-corrected chi connectivity index (χ1v) is 4.21. The average molecular weight is 196 g/mol. The van der Waals surface area contributed by atoms with Gasteiger partial charge < -0.3 is 0 Å². The van der Waals surface area contributed by atoms with Crippen molar-refractivity contribution < 1.29 is 13.6 Å². The molecule has 0 N–H and O–H groups in total. The highest BCUT2D eigenvalue weighted by Gasteiger charge is 2.12. The summed E-state index contributed by atoms with van der Waals surface area (Å²) in [5.41, 5.74) is 0.784. The third kappa shape index (κ3) is 3.09. The molecule has 0 spiro atoms. The van der Waals surface area contributed by atoms with E-state index < -0.39 is 18.6 Å². The molecule has 74 valence electrons. The standard InChI is InChI=1S/C11H10F2O/c12-8-10(13)11(14)7-6-9-4-2-1-3-5-9/h1-7,10H,8H2/b7-6+. The Balaban J connectivity index is 2.61. The predicted octanol–water partition coefficient (Wildman–Crippen LogP) is 2.58. The molecule has 0 radical (unpaired) electrons. The van der Waals surface area contributed by atoms with Gasteiger partial charge in [-0.15, -0.1) is 0 Å². The molecule has 1 rings (SSSR count). The van der Waals surface area contributed by atoms with Crippen molar-refractivity contribution in [1.82, 2.24) is 0 Å². The van der Waals surface area contributed by atoms with Crippen LogP contribution >= 0.6 is 0 Å². The van der Waals surface area contributed by atoms with Crippen LogP contribution in [0.4, 0.5) is 8.78 Å². The Morgan fingerprint density at radius 1 is 1.36 bits per heavy atom. The Kier molecular flexibility index (Phi) is 3.98. The highest BCUT2D eigenvalue weighted by atomic mass is 19.2. The maximum atomic E-state index is 12.5. The number of ketones is 1. The molecule has 1 atom stereocenters. The van der Waals surface area contributed by atoms with Crippen LogP contribution in [0.25, 0.3) is 6.08 Å². The number of hydrogen-bond acceptors (Lipinski definition) is 1. The lowest BCUT2D eigenvalue weighted by atomic mass is 10.2. The summed E-state index contributed by atoms with van der Waals surface area (Å²) in [6.45, 7) is -1.27. The number of carbonyl (C=O) groups excluding carboxylic acids is 1. The summed E-state index contributed by atoms with van der Waals surface area (Å²) in [7, 11) is 0. The lowest BCUT2D eigenvalue weighted by Crippen LogP contribution is -2.14. The minimum atomic E-state index is -2.03. The van der Waals surface area contributed by atoms with Crippen molar-refractivity contribution in [1.29, 1.82) is 0 Å². The van der Waals surface area contributed by atoms with Crippen molar-refractivity contribution in [2.24, 2.45) is 0 Å². The van der Waals surface area contributed by atoms with Gasteiger partial charge in [-0.2, -0.15) is 0 Å². The minimum Gasteiger partial charge on any atom is -0.291 e. The van der Waals surface area contributed by atoms with E-state index in [0.717, 1.165) is 11.6 Å². The van der Waals surface area contributed by atoms with Crippen LogP contribution in [0.1, 0.15) is 5.56 Å². The van der Waals surface area contributed by atoms with Crippen LogP contribution in [0.5, 0.6) is 0 Å². The van der Waals surface area contributed by atoms with E-state index in [1.54, 1.807) is 24.3 Å². The summed E-state index contributed by atoms with van der Waals surface area (Å²) < 4.78 is 24.2. The summed E-state index contributed by atoms with van der Waals surface area (Å²) >= 11 is 0. The fraction of sp³-hybridized carbons (Fsp3) is 0.182. The van der Waals surface area contributed by atoms with Crippen molar-refractivity contribution in [3.63, 3.8) is 0 Å². The second kappa shape index (κ2) is 5.27. The fourth-order valence-electron chi connectivity index (χ4n) is 0.923. The summed E-state index contributed by atoms with van der Waals surface area (Å²) in [6.07, 6.45) is 0.486. The lowest BCUT2D eigenvalue weighted by Gasteiger charge is -1.96. The number of alkyl halides is 2. The lowest BCUT2D eigenvalue weighted by molar-refractivity contribution is -0.119. The van der Waals surface area contributed by atoms with Gasteiger partial charge in [-0.3, -0.25) is 4.79 Å². The molecule has 1 aromatic rings. The largest absolute Gasteiger partial charge is 0.291 e. The van der Waals surface area contributed by atoms with E-state index >= 15 is 0 Å². The molecular formula is C11H10F2O. The van der Waals surface area contributed by atoms with E-state index in [-0.39, 0.29) is 0 Å². The van der Waals surface area contributed by atoms with Crippen molar-refractivity contribution >= 4 is 11.9 Å². The molecule has 0 heterocycles. The van der Waals surface area contributed by atoms with Gasteiger partial charge in [0, 0.05) is 0 Å².